The van der Waals surface area contributed by atoms with Gasteiger partial charge >= 0.3 is 0 Å². The molecule has 0 saturated heterocycles. The van der Waals surface area contributed by atoms with Crippen LogP contribution in [0.4, 0.5) is 5.69 Å². The second-order valence-electron chi connectivity index (χ2n) is 4.80. The maximum atomic E-state index is 12.0. The normalized spacial score (nSPS) is 11.5. The fourth-order valence-electron chi connectivity index (χ4n) is 1.90. The van der Waals surface area contributed by atoms with Gasteiger partial charge in [-0.05, 0) is 49.0 Å². The van der Waals surface area contributed by atoms with Gasteiger partial charge in [-0.1, -0.05) is 17.8 Å². The quantitative estimate of drug-likeness (QED) is 0.686. The van der Waals surface area contributed by atoms with E-state index >= 15 is 0 Å². The zero-order valence-electron chi connectivity index (χ0n) is 13.5. The van der Waals surface area contributed by atoms with Crippen molar-refractivity contribution in [1.29, 1.82) is 0 Å². The third-order valence-electron chi connectivity index (χ3n) is 3.16. The molecule has 0 aliphatic rings. The molecular weight excluding hydrogens is 352 g/mol. The Kier molecular flexibility index (Phi) is 5.91. The number of nitrogens with one attached hydrogen (secondary N) is 2. The van der Waals surface area contributed by atoms with Gasteiger partial charge < -0.3 is 5.32 Å². The second-order valence-corrected chi connectivity index (χ2v) is 7.60. The molecule has 130 valence electrons. The molecule has 0 spiro atoms. The third-order valence-corrected chi connectivity index (χ3v) is 5.67. The smallest absolute Gasteiger partial charge is 0.240 e. The summed E-state index contributed by atoms with van der Waals surface area (Å²) < 4.78 is 27.8. The van der Waals surface area contributed by atoms with Crippen molar-refractivity contribution < 1.29 is 13.2 Å². The van der Waals surface area contributed by atoms with Crippen molar-refractivity contribution in [2.45, 2.75) is 30.4 Å². The van der Waals surface area contributed by atoms with Crippen molar-refractivity contribution in [2.24, 2.45) is 0 Å². The van der Waals surface area contributed by atoms with Gasteiger partial charge in [0, 0.05) is 12.2 Å². The molecule has 24 heavy (non-hydrogen) atoms. The molecule has 2 aromatic rings. The van der Waals surface area contributed by atoms with Crippen LogP contribution in [0.2, 0.25) is 0 Å². The van der Waals surface area contributed by atoms with Gasteiger partial charge in [0.2, 0.25) is 21.1 Å². The number of aryl methyl sites for hydroxylation is 2. The minimum atomic E-state index is -3.58. The van der Waals surface area contributed by atoms with Crippen molar-refractivity contribution >= 4 is 33.4 Å². The standard InChI is InChI=1S/C13H18N6O3S2/c1-4-19-13(16-17-18-19)23-8-12(20)15-10-6-5-9(2)11(7-10)24(21,22)14-3/h5-7,14H,4,8H2,1-3H3,(H,15,20). The van der Waals surface area contributed by atoms with Crippen molar-refractivity contribution in [3.8, 4) is 0 Å². The van der Waals surface area contributed by atoms with Gasteiger partial charge in [0.25, 0.3) is 0 Å². The number of hydrogen-bond acceptors (Lipinski definition) is 7. The number of sulfonamides is 1. The molecule has 0 fully saturated rings. The summed E-state index contributed by atoms with van der Waals surface area (Å²) in [4.78, 5) is 12.2. The number of benzene rings is 1. The van der Waals surface area contributed by atoms with E-state index in [4.69, 9.17) is 0 Å². The van der Waals surface area contributed by atoms with Crippen molar-refractivity contribution in [1.82, 2.24) is 24.9 Å². The molecule has 0 radical (unpaired) electrons. The Balaban J connectivity index is 2.05. The lowest BCUT2D eigenvalue weighted by atomic mass is 10.2. The van der Waals surface area contributed by atoms with E-state index in [1.54, 1.807) is 23.7 Å². The number of tetrazole rings is 1. The Hall–Kier alpha value is -1.98. The molecule has 1 aromatic carbocycles. The number of aromatic nitrogens is 4. The molecule has 1 amide bonds. The van der Waals surface area contributed by atoms with Crippen LogP contribution in [0.1, 0.15) is 12.5 Å². The average molecular weight is 370 g/mol. The molecule has 0 aliphatic carbocycles. The number of rotatable bonds is 7. The van der Waals surface area contributed by atoms with E-state index in [9.17, 15) is 13.2 Å². The molecule has 11 heteroatoms. The lowest BCUT2D eigenvalue weighted by Gasteiger charge is -2.10. The zero-order chi connectivity index (χ0) is 17.7. The van der Waals surface area contributed by atoms with Crippen LogP contribution in [0, 0.1) is 6.92 Å². The Morgan fingerprint density at radius 1 is 1.38 bits per heavy atom. The maximum Gasteiger partial charge on any atom is 0.240 e. The molecule has 0 aliphatic heterocycles. The van der Waals surface area contributed by atoms with Gasteiger partial charge in [-0.3, -0.25) is 4.79 Å². The Morgan fingerprint density at radius 3 is 2.79 bits per heavy atom. The molecule has 0 bridgehead atoms. The fourth-order valence-corrected chi connectivity index (χ4v) is 3.64. The van der Waals surface area contributed by atoms with Crippen LogP contribution in [-0.2, 0) is 21.4 Å². The Bertz CT molecular complexity index is 834. The van der Waals surface area contributed by atoms with Crippen LogP contribution < -0.4 is 10.0 Å². The first-order chi connectivity index (χ1) is 11.4. The summed E-state index contributed by atoms with van der Waals surface area (Å²) in [5.74, 6) is -0.162. The molecule has 1 heterocycles. The third kappa shape index (κ3) is 4.30. The number of nitrogens with zero attached hydrogens (tertiary/aromatic N) is 4. The minimum Gasteiger partial charge on any atom is -0.325 e. The highest BCUT2D eigenvalue weighted by Gasteiger charge is 2.16. The maximum absolute atomic E-state index is 12.0. The molecule has 0 atom stereocenters. The summed E-state index contributed by atoms with van der Waals surface area (Å²) in [5.41, 5.74) is 1.01. The first-order valence-electron chi connectivity index (χ1n) is 7.10. The Morgan fingerprint density at radius 2 is 2.12 bits per heavy atom. The van der Waals surface area contributed by atoms with Gasteiger partial charge in [-0.2, -0.15) is 0 Å². The summed E-state index contributed by atoms with van der Waals surface area (Å²) in [5, 5.41) is 14.4. The van der Waals surface area contributed by atoms with Gasteiger partial charge in [0.15, 0.2) is 0 Å². The number of hydrogen-bond donors (Lipinski definition) is 2. The summed E-state index contributed by atoms with van der Waals surface area (Å²) in [6, 6.07) is 4.73. The van der Waals surface area contributed by atoms with E-state index in [0.717, 1.165) is 0 Å². The first-order valence-corrected chi connectivity index (χ1v) is 9.57. The van der Waals surface area contributed by atoms with Gasteiger partial charge in [0.05, 0.1) is 10.6 Å². The molecule has 9 nitrogen and oxygen atoms in total. The lowest BCUT2D eigenvalue weighted by molar-refractivity contribution is -0.113. The van der Waals surface area contributed by atoms with Crippen molar-refractivity contribution in [3.05, 3.63) is 23.8 Å². The molecule has 1 aromatic heterocycles. The summed E-state index contributed by atoms with van der Waals surface area (Å²) in [6.07, 6.45) is 0. The monoisotopic (exact) mass is 370 g/mol. The number of thioether (sulfide) groups is 1. The zero-order valence-corrected chi connectivity index (χ0v) is 15.1. The highest BCUT2D eigenvalue weighted by Crippen LogP contribution is 2.20. The molecular formula is C13H18N6O3S2. The van der Waals surface area contributed by atoms with Crippen LogP contribution >= 0.6 is 11.8 Å². The van der Waals surface area contributed by atoms with Crippen LogP contribution in [0.5, 0.6) is 0 Å². The molecule has 2 N–H and O–H groups in total. The van der Waals surface area contributed by atoms with Crippen LogP contribution in [0.25, 0.3) is 0 Å². The van der Waals surface area contributed by atoms with Gasteiger partial charge in [0.1, 0.15) is 0 Å². The van der Waals surface area contributed by atoms with Crippen LogP contribution in [-0.4, -0.2) is 47.3 Å². The van der Waals surface area contributed by atoms with Crippen LogP contribution in [0.15, 0.2) is 28.3 Å². The SMILES string of the molecule is CCn1nnnc1SCC(=O)Nc1ccc(C)c(S(=O)(=O)NC)c1. The highest BCUT2D eigenvalue weighted by molar-refractivity contribution is 7.99. The number of amides is 1. The van der Waals surface area contributed by atoms with Gasteiger partial charge in [-0.15, -0.1) is 5.10 Å². The topological polar surface area (TPSA) is 119 Å². The van der Waals surface area contributed by atoms with E-state index in [0.29, 0.717) is 23.0 Å². The predicted octanol–water partition coefficient (Wildman–Crippen LogP) is 0.640. The summed E-state index contributed by atoms with van der Waals surface area (Å²) in [6.45, 7) is 4.20. The largest absolute Gasteiger partial charge is 0.325 e. The average Bonchev–Trinajstić information content (AvgIpc) is 3.02. The Labute approximate surface area is 144 Å². The number of anilines is 1. The predicted molar refractivity (Wildman–Crippen MR) is 90.3 cm³/mol. The summed E-state index contributed by atoms with van der Waals surface area (Å²) in [7, 11) is -2.24. The molecule has 2 rings (SSSR count). The summed E-state index contributed by atoms with van der Waals surface area (Å²) >= 11 is 1.21. The van der Waals surface area contributed by atoms with E-state index in [1.807, 2.05) is 6.92 Å². The van der Waals surface area contributed by atoms with Crippen molar-refractivity contribution in [2.75, 3.05) is 18.1 Å². The van der Waals surface area contributed by atoms with E-state index in [-0.39, 0.29) is 16.6 Å². The van der Waals surface area contributed by atoms with Crippen molar-refractivity contribution in [3.63, 3.8) is 0 Å². The second kappa shape index (κ2) is 7.73. The van der Waals surface area contributed by atoms with Gasteiger partial charge in [-0.25, -0.2) is 17.8 Å². The number of carbonyl (C=O) groups is 1. The van der Waals surface area contributed by atoms with E-state index < -0.39 is 10.0 Å². The molecule has 0 saturated carbocycles. The minimum absolute atomic E-state index is 0.113. The first kappa shape index (κ1) is 18.4. The highest BCUT2D eigenvalue weighted by atomic mass is 32.2. The number of carbonyl (C=O) groups excluding carboxylic acids is 1. The van der Waals surface area contributed by atoms with E-state index in [1.165, 1.54) is 24.9 Å². The van der Waals surface area contributed by atoms with Crippen LogP contribution in [0.3, 0.4) is 0 Å². The van der Waals surface area contributed by atoms with E-state index in [2.05, 4.69) is 25.6 Å². The lowest BCUT2D eigenvalue weighted by Crippen LogP contribution is -2.20. The molecule has 0 unspecified atom stereocenters. The fraction of sp³-hybridized carbons (Fsp3) is 0.385.